The third-order valence-corrected chi connectivity index (χ3v) is 5.77. The lowest BCUT2D eigenvalue weighted by Crippen LogP contribution is -2.39. The molecular formula is C23H21N3O3S. The summed E-state index contributed by atoms with van der Waals surface area (Å²) in [6.45, 7) is 5.55. The summed E-state index contributed by atoms with van der Waals surface area (Å²) in [4.78, 5) is 31.8. The Morgan fingerprint density at radius 1 is 1.13 bits per heavy atom. The van der Waals surface area contributed by atoms with Crippen LogP contribution in [0.15, 0.2) is 65.7 Å². The smallest absolute Gasteiger partial charge is 0.281 e. The average molecular weight is 420 g/mol. The minimum Gasteiger partial charge on any atom is -0.481 e. The first-order valence-electron chi connectivity index (χ1n) is 9.54. The zero-order valence-electron chi connectivity index (χ0n) is 16.9. The molecule has 7 heteroatoms. The van der Waals surface area contributed by atoms with Crippen LogP contribution in [0.1, 0.15) is 17.4 Å². The molecule has 2 aromatic heterocycles. The van der Waals surface area contributed by atoms with Gasteiger partial charge in [0.25, 0.3) is 11.5 Å². The molecule has 1 N–H and O–H groups in total. The van der Waals surface area contributed by atoms with Gasteiger partial charge in [0, 0.05) is 10.4 Å². The lowest BCUT2D eigenvalue weighted by molar-refractivity contribution is -0.123. The zero-order chi connectivity index (χ0) is 21.3. The fourth-order valence-electron chi connectivity index (χ4n) is 3.29. The van der Waals surface area contributed by atoms with Gasteiger partial charge in [0.05, 0.1) is 5.39 Å². The van der Waals surface area contributed by atoms with Crippen LogP contribution in [0, 0.1) is 13.8 Å². The Morgan fingerprint density at radius 3 is 2.63 bits per heavy atom. The standard InChI is InChI=1S/C23H21N3O3S/c1-14-8-7-11-18(12-14)29-15(2)21(27)25-26-13-24-22-20(23(26)28)19(16(3)30-22)17-9-5-4-6-10-17/h4-13,15H,1-3H3,(H,25,27). The van der Waals surface area contributed by atoms with E-state index in [1.54, 1.807) is 13.0 Å². The molecule has 0 bridgehead atoms. The minimum absolute atomic E-state index is 0.320. The van der Waals surface area contributed by atoms with E-state index in [0.717, 1.165) is 26.2 Å². The molecule has 1 atom stereocenters. The highest BCUT2D eigenvalue weighted by atomic mass is 32.1. The number of carbonyl (C=O) groups is 1. The highest BCUT2D eigenvalue weighted by Crippen LogP contribution is 2.35. The topological polar surface area (TPSA) is 73.2 Å². The monoisotopic (exact) mass is 419 g/mol. The van der Waals surface area contributed by atoms with Crippen LogP contribution in [0.25, 0.3) is 21.3 Å². The van der Waals surface area contributed by atoms with Crippen molar-refractivity contribution < 1.29 is 9.53 Å². The van der Waals surface area contributed by atoms with Crippen molar-refractivity contribution in [1.29, 1.82) is 0 Å². The fourth-order valence-corrected chi connectivity index (χ4v) is 4.29. The van der Waals surface area contributed by atoms with Gasteiger partial charge in [-0.2, -0.15) is 0 Å². The van der Waals surface area contributed by atoms with E-state index in [1.807, 2.05) is 62.4 Å². The maximum atomic E-state index is 13.2. The molecule has 6 nitrogen and oxygen atoms in total. The van der Waals surface area contributed by atoms with Crippen molar-refractivity contribution in [3.05, 3.63) is 81.7 Å². The van der Waals surface area contributed by atoms with E-state index >= 15 is 0 Å². The second-order valence-electron chi connectivity index (χ2n) is 7.05. The van der Waals surface area contributed by atoms with Crippen LogP contribution in [0.5, 0.6) is 5.75 Å². The Labute approximate surface area is 177 Å². The molecule has 30 heavy (non-hydrogen) atoms. The van der Waals surface area contributed by atoms with Crippen LogP contribution in [0.2, 0.25) is 0 Å². The lowest BCUT2D eigenvalue weighted by atomic mass is 10.0. The largest absolute Gasteiger partial charge is 0.481 e. The summed E-state index contributed by atoms with van der Waals surface area (Å²) < 4.78 is 6.83. The van der Waals surface area contributed by atoms with Gasteiger partial charge < -0.3 is 4.74 Å². The van der Waals surface area contributed by atoms with Crippen molar-refractivity contribution in [3.8, 4) is 16.9 Å². The van der Waals surface area contributed by atoms with Gasteiger partial charge in [-0.25, -0.2) is 9.66 Å². The summed E-state index contributed by atoms with van der Waals surface area (Å²) in [6.07, 6.45) is 0.555. The van der Waals surface area contributed by atoms with E-state index in [1.165, 1.54) is 17.7 Å². The summed E-state index contributed by atoms with van der Waals surface area (Å²) in [6, 6.07) is 17.2. The van der Waals surface area contributed by atoms with Gasteiger partial charge in [-0.15, -0.1) is 11.3 Å². The highest BCUT2D eigenvalue weighted by Gasteiger charge is 2.20. The van der Waals surface area contributed by atoms with E-state index in [0.29, 0.717) is 16.0 Å². The number of rotatable bonds is 5. The SMILES string of the molecule is Cc1cccc(OC(C)C(=O)Nn2cnc3sc(C)c(-c4ccccc4)c3c2=O)c1. The van der Waals surface area contributed by atoms with Crippen molar-refractivity contribution in [2.24, 2.45) is 0 Å². The quantitative estimate of drug-likeness (QED) is 0.524. The maximum Gasteiger partial charge on any atom is 0.281 e. The van der Waals surface area contributed by atoms with E-state index in [4.69, 9.17) is 4.74 Å². The Morgan fingerprint density at radius 2 is 1.90 bits per heavy atom. The summed E-state index contributed by atoms with van der Waals surface area (Å²) in [5.74, 6) is 0.159. The second-order valence-corrected chi connectivity index (χ2v) is 8.25. The number of hydrogen-bond donors (Lipinski definition) is 1. The summed E-state index contributed by atoms with van der Waals surface area (Å²) in [5, 5.41) is 0.499. The summed E-state index contributed by atoms with van der Waals surface area (Å²) >= 11 is 1.46. The molecule has 0 aliphatic carbocycles. The summed E-state index contributed by atoms with van der Waals surface area (Å²) in [5.41, 5.74) is 5.11. The molecule has 0 saturated heterocycles. The van der Waals surface area contributed by atoms with Gasteiger partial charge in [0.15, 0.2) is 6.10 Å². The predicted octanol–water partition coefficient (Wildman–Crippen LogP) is 4.28. The Hall–Kier alpha value is -3.45. The Kier molecular flexibility index (Phi) is 5.37. The number of hydrogen-bond acceptors (Lipinski definition) is 5. The molecule has 2 heterocycles. The van der Waals surface area contributed by atoms with Gasteiger partial charge in [-0.05, 0) is 44.0 Å². The number of thiophene rings is 1. The second kappa shape index (κ2) is 8.12. The third-order valence-electron chi connectivity index (χ3n) is 4.75. The number of ether oxygens (including phenoxy) is 1. The molecule has 0 fully saturated rings. The number of fused-ring (bicyclic) bond motifs is 1. The van der Waals surface area contributed by atoms with Crippen molar-refractivity contribution >= 4 is 27.5 Å². The molecule has 1 unspecified atom stereocenters. The maximum absolute atomic E-state index is 13.2. The van der Waals surface area contributed by atoms with E-state index in [-0.39, 0.29) is 5.56 Å². The molecule has 1 amide bonds. The van der Waals surface area contributed by atoms with E-state index in [9.17, 15) is 9.59 Å². The molecule has 2 aromatic carbocycles. The van der Waals surface area contributed by atoms with Crippen molar-refractivity contribution in [3.63, 3.8) is 0 Å². The molecule has 0 aliphatic rings. The number of nitrogens with zero attached hydrogens (tertiary/aromatic N) is 2. The predicted molar refractivity (Wildman–Crippen MR) is 120 cm³/mol. The molecule has 4 aromatic rings. The Balaban J connectivity index is 1.64. The molecule has 0 saturated carbocycles. The number of aromatic nitrogens is 2. The lowest BCUT2D eigenvalue weighted by Gasteiger charge is -2.15. The van der Waals surface area contributed by atoms with Crippen LogP contribution in [-0.2, 0) is 4.79 Å². The molecular weight excluding hydrogens is 398 g/mol. The van der Waals surface area contributed by atoms with Gasteiger partial charge in [-0.3, -0.25) is 15.0 Å². The zero-order valence-corrected chi connectivity index (χ0v) is 17.7. The van der Waals surface area contributed by atoms with Crippen LogP contribution in [0.4, 0.5) is 0 Å². The Bertz CT molecular complexity index is 1280. The van der Waals surface area contributed by atoms with Crippen LogP contribution in [0.3, 0.4) is 0 Å². The normalized spacial score (nSPS) is 12.0. The van der Waals surface area contributed by atoms with Crippen LogP contribution in [-0.4, -0.2) is 21.7 Å². The van der Waals surface area contributed by atoms with Gasteiger partial charge in [-0.1, -0.05) is 42.5 Å². The number of nitrogens with one attached hydrogen (secondary N) is 1. The molecule has 152 valence electrons. The number of aryl methyl sites for hydroxylation is 2. The van der Waals surface area contributed by atoms with Gasteiger partial charge in [0.2, 0.25) is 0 Å². The third kappa shape index (κ3) is 3.84. The van der Waals surface area contributed by atoms with Crippen molar-refractivity contribution in [1.82, 2.24) is 9.66 Å². The first kappa shape index (κ1) is 19.8. The highest BCUT2D eigenvalue weighted by molar-refractivity contribution is 7.19. The first-order chi connectivity index (χ1) is 14.4. The van der Waals surface area contributed by atoms with Gasteiger partial charge in [0.1, 0.15) is 16.9 Å². The molecule has 4 rings (SSSR count). The van der Waals surface area contributed by atoms with Gasteiger partial charge >= 0.3 is 0 Å². The van der Waals surface area contributed by atoms with Crippen LogP contribution >= 0.6 is 11.3 Å². The van der Waals surface area contributed by atoms with E-state index in [2.05, 4.69) is 10.4 Å². The summed E-state index contributed by atoms with van der Waals surface area (Å²) in [7, 11) is 0. The van der Waals surface area contributed by atoms with E-state index < -0.39 is 12.0 Å². The van der Waals surface area contributed by atoms with Crippen LogP contribution < -0.4 is 15.7 Å². The van der Waals surface area contributed by atoms with Crippen molar-refractivity contribution in [2.45, 2.75) is 26.9 Å². The van der Waals surface area contributed by atoms with Crippen molar-refractivity contribution in [2.75, 3.05) is 5.43 Å². The average Bonchev–Trinajstić information content (AvgIpc) is 3.07. The minimum atomic E-state index is -0.785. The number of benzene rings is 2. The number of amides is 1. The molecule has 0 spiro atoms. The number of carbonyl (C=O) groups excluding carboxylic acids is 1. The molecule has 0 aliphatic heterocycles. The molecule has 0 radical (unpaired) electrons. The fraction of sp³-hybridized carbons (Fsp3) is 0.174. The first-order valence-corrected chi connectivity index (χ1v) is 10.4.